The number of nitro groups is 1. The highest BCUT2D eigenvalue weighted by atomic mass is 32.2. The predicted molar refractivity (Wildman–Crippen MR) is 101 cm³/mol. The first-order valence-corrected chi connectivity index (χ1v) is 9.83. The van der Waals surface area contributed by atoms with E-state index in [1.165, 1.54) is 16.4 Å². The van der Waals surface area contributed by atoms with Crippen LogP contribution in [0.15, 0.2) is 52.7 Å². The zero-order valence-electron chi connectivity index (χ0n) is 14.7. The van der Waals surface area contributed by atoms with E-state index in [4.69, 9.17) is 0 Å². The fraction of sp³-hybridized carbons (Fsp3) is 0.294. The molecule has 2 heterocycles. The molecule has 2 aromatic rings. The van der Waals surface area contributed by atoms with E-state index in [9.17, 15) is 18.5 Å². The maximum Gasteiger partial charge on any atom is 0.295 e. The van der Waals surface area contributed by atoms with Gasteiger partial charge in [0.05, 0.1) is 15.5 Å². The second-order valence-corrected chi connectivity index (χ2v) is 8.03. The lowest BCUT2D eigenvalue weighted by Gasteiger charge is -2.15. The number of pyridine rings is 1. The van der Waals surface area contributed by atoms with Gasteiger partial charge < -0.3 is 0 Å². The number of anilines is 1. The number of rotatable bonds is 6. The molecule has 0 radical (unpaired) electrons. The van der Waals surface area contributed by atoms with Crippen molar-refractivity contribution in [2.24, 2.45) is 5.10 Å². The molecule has 3 rings (SSSR count). The lowest BCUT2D eigenvalue weighted by molar-refractivity contribution is -0.384. The second-order valence-electron chi connectivity index (χ2n) is 6.09. The topological polar surface area (TPSA) is 118 Å². The molecular weight excluding hydrogens is 370 g/mol. The molecule has 1 aliphatic rings. The number of hydrazone groups is 1. The monoisotopic (exact) mass is 389 g/mol. The molecule has 1 aliphatic heterocycles. The maximum atomic E-state index is 12.6. The van der Waals surface area contributed by atoms with Gasteiger partial charge in [0.25, 0.3) is 5.69 Å². The van der Waals surface area contributed by atoms with Crippen LogP contribution in [0.3, 0.4) is 0 Å². The van der Waals surface area contributed by atoms with Crippen molar-refractivity contribution in [2.45, 2.75) is 24.7 Å². The van der Waals surface area contributed by atoms with Crippen LogP contribution in [0, 0.1) is 10.1 Å². The average molecular weight is 389 g/mol. The third-order valence-electron chi connectivity index (χ3n) is 4.31. The molecule has 9 nitrogen and oxygen atoms in total. The minimum atomic E-state index is -3.73. The molecule has 1 aromatic heterocycles. The Morgan fingerprint density at radius 1 is 1.22 bits per heavy atom. The number of nitrogens with one attached hydrogen (secondary N) is 1. The van der Waals surface area contributed by atoms with Crippen molar-refractivity contribution in [3.63, 3.8) is 0 Å². The molecule has 27 heavy (non-hydrogen) atoms. The van der Waals surface area contributed by atoms with E-state index >= 15 is 0 Å². The number of hydrogen-bond acceptors (Lipinski definition) is 7. The number of aromatic nitrogens is 1. The normalized spacial score (nSPS) is 15.7. The molecule has 0 spiro atoms. The Balaban J connectivity index is 1.89. The van der Waals surface area contributed by atoms with Crippen LogP contribution in [-0.4, -0.2) is 41.4 Å². The Kier molecular flexibility index (Phi) is 5.47. The number of nitrogens with zero attached hydrogens (tertiary/aromatic N) is 4. The van der Waals surface area contributed by atoms with Gasteiger partial charge in [-0.25, -0.2) is 8.42 Å². The standard InChI is InChI=1S/C17H19N5O4S/c1-13(14-6-8-18-9-7-14)19-20-16-5-4-15(12-17(16)22(23)24)27(25,26)21-10-2-3-11-21/h4-9,12,20H,2-3,10-11H2,1H3/b19-13+. The van der Waals surface area contributed by atoms with E-state index in [2.05, 4.69) is 15.5 Å². The van der Waals surface area contributed by atoms with Crippen LogP contribution in [0.2, 0.25) is 0 Å². The third kappa shape index (κ3) is 4.12. The van der Waals surface area contributed by atoms with Crippen LogP contribution >= 0.6 is 0 Å². The SMILES string of the molecule is C/C(=N\Nc1ccc(S(=O)(=O)N2CCCC2)cc1[N+](=O)[O-])c1ccncc1. The van der Waals surface area contributed by atoms with Gasteiger partial charge in [-0.3, -0.25) is 20.5 Å². The van der Waals surface area contributed by atoms with Gasteiger partial charge in [0.2, 0.25) is 10.0 Å². The van der Waals surface area contributed by atoms with Gasteiger partial charge in [-0.2, -0.15) is 9.41 Å². The first-order valence-electron chi connectivity index (χ1n) is 8.39. The molecule has 142 valence electrons. The number of nitro benzene ring substituents is 1. The van der Waals surface area contributed by atoms with Crippen molar-refractivity contribution in [3.8, 4) is 0 Å². The summed E-state index contributed by atoms with van der Waals surface area (Å²) in [4.78, 5) is 14.7. The zero-order chi connectivity index (χ0) is 19.4. The fourth-order valence-electron chi connectivity index (χ4n) is 2.80. The molecule has 0 amide bonds. The summed E-state index contributed by atoms with van der Waals surface area (Å²) in [6.07, 6.45) is 4.83. The number of benzene rings is 1. The van der Waals surface area contributed by atoms with Crippen molar-refractivity contribution in [3.05, 3.63) is 58.4 Å². The van der Waals surface area contributed by atoms with E-state index in [0.29, 0.717) is 18.8 Å². The first kappa shape index (κ1) is 18.9. The quantitative estimate of drug-likeness (QED) is 0.461. The van der Waals surface area contributed by atoms with Crippen molar-refractivity contribution in [1.82, 2.24) is 9.29 Å². The summed E-state index contributed by atoms with van der Waals surface area (Å²) in [5.74, 6) is 0. The largest absolute Gasteiger partial charge is 0.295 e. The Bertz CT molecular complexity index is 970. The molecule has 10 heteroatoms. The molecule has 1 fully saturated rings. The van der Waals surface area contributed by atoms with Gasteiger partial charge in [-0.05, 0) is 44.0 Å². The maximum absolute atomic E-state index is 12.6. The van der Waals surface area contributed by atoms with E-state index in [1.54, 1.807) is 31.5 Å². The van der Waals surface area contributed by atoms with Crippen LogP contribution in [0.1, 0.15) is 25.3 Å². The second kappa shape index (κ2) is 7.80. The summed E-state index contributed by atoms with van der Waals surface area (Å²) in [6.45, 7) is 2.62. The fourth-order valence-corrected chi connectivity index (χ4v) is 4.33. The minimum absolute atomic E-state index is 0.0866. The lowest BCUT2D eigenvalue weighted by atomic mass is 10.2. The molecular formula is C17H19N5O4S. The van der Waals surface area contributed by atoms with Crippen molar-refractivity contribution >= 4 is 27.1 Å². The van der Waals surface area contributed by atoms with Gasteiger partial charge in [0.1, 0.15) is 5.69 Å². The third-order valence-corrected chi connectivity index (χ3v) is 6.21. The predicted octanol–water partition coefficient (Wildman–Crippen LogP) is 2.61. The molecule has 1 aromatic carbocycles. The van der Waals surface area contributed by atoms with Crippen molar-refractivity contribution in [1.29, 1.82) is 0 Å². The minimum Gasteiger partial charge on any atom is -0.271 e. The van der Waals surface area contributed by atoms with Crippen LogP contribution in [0.4, 0.5) is 11.4 Å². The van der Waals surface area contributed by atoms with Gasteiger partial charge in [0.15, 0.2) is 0 Å². The van der Waals surface area contributed by atoms with Crippen molar-refractivity contribution < 1.29 is 13.3 Å². The summed E-state index contributed by atoms with van der Waals surface area (Å²) in [7, 11) is -3.73. The lowest BCUT2D eigenvalue weighted by Crippen LogP contribution is -2.27. The summed E-state index contributed by atoms with van der Waals surface area (Å²) in [6, 6.07) is 7.33. The summed E-state index contributed by atoms with van der Waals surface area (Å²) in [5, 5.41) is 15.6. The molecule has 0 atom stereocenters. The average Bonchev–Trinajstić information content (AvgIpc) is 3.22. The molecule has 0 unspecified atom stereocenters. The molecule has 0 bridgehead atoms. The van der Waals surface area contributed by atoms with Crippen LogP contribution in [0.25, 0.3) is 0 Å². The van der Waals surface area contributed by atoms with E-state index < -0.39 is 14.9 Å². The number of hydrogen-bond donors (Lipinski definition) is 1. The smallest absolute Gasteiger partial charge is 0.271 e. The number of sulfonamides is 1. The molecule has 0 aliphatic carbocycles. The Hall–Kier alpha value is -2.85. The van der Waals surface area contributed by atoms with Gasteiger partial charge in [-0.1, -0.05) is 0 Å². The summed E-state index contributed by atoms with van der Waals surface area (Å²) < 4.78 is 26.6. The molecule has 1 saturated heterocycles. The summed E-state index contributed by atoms with van der Waals surface area (Å²) in [5.41, 5.74) is 3.86. The Morgan fingerprint density at radius 2 is 1.89 bits per heavy atom. The van der Waals surface area contributed by atoms with Crippen LogP contribution in [-0.2, 0) is 10.0 Å². The highest BCUT2D eigenvalue weighted by Gasteiger charge is 2.29. The Morgan fingerprint density at radius 3 is 2.52 bits per heavy atom. The van der Waals surface area contributed by atoms with Crippen LogP contribution in [0.5, 0.6) is 0 Å². The molecule has 1 N–H and O–H groups in total. The van der Waals surface area contributed by atoms with E-state index in [1.807, 2.05) is 0 Å². The first-order chi connectivity index (χ1) is 12.9. The van der Waals surface area contributed by atoms with Gasteiger partial charge in [-0.15, -0.1) is 0 Å². The van der Waals surface area contributed by atoms with E-state index in [-0.39, 0.29) is 16.3 Å². The zero-order valence-corrected chi connectivity index (χ0v) is 15.5. The summed E-state index contributed by atoms with van der Waals surface area (Å²) >= 11 is 0. The van der Waals surface area contributed by atoms with Gasteiger partial charge >= 0.3 is 0 Å². The highest BCUT2D eigenvalue weighted by molar-refractivity contribution is 7.89. The molecule has 0 saturated carbocycles. The highest BCUT2D eigenvalue weighted by Crippen LogP contribution is 2.30. The van der Waals surface area contributed by atoms with Crippen molar-refractivity contribution in [2.75, 3.05) is 18.5 Å². The van der Waals surface area contributed by atoms with Crippen LogP contribution < -0.4 is 5.43 Å². The van der Waals surface area contributed by atoms with E-state index in [0.717, 1.165) is 24.5 Å². The van der Waals surface area contributed by atoms with Gasteiger partial charge in [0, 0.05) is 37.1 Å². The Labute approximate surface area is 156 Å².